The van der Waals surface area contributed by atoms with E-state index in [4.69, 9.17) is 0 Å². The van der Waals surface area contributed by atoms with Crippen LogP contribution in [0.1, 0.15) is 0 Å². The van der Waals surface area contributed by atoms with Gasteiger partial charge in [-0.15, -0.1) is 3.89 Å². The summed E-state index contributed by atoms with van der Waals surface area (Å²) >= 11 is 0. The summed E-state index contributed by atoms with van der Waals surface area (Å²) in [4.78, 5) is 3.59. The van der Waals surface area contributed by atoms with Gasteiger partial charge in [-0.3, -0.25) is 0 Å². The van der Waals surface area contributed by atoms with Crippen molar-refractivity contribution < 1.29 is 12.3 Å². The van der Waals surface area contributed by atoms with Gasteiger partial charge in [0.1, 0.15) is 4.90 Å². The summed E-state index contributed by atoms with van der Waals surface area (Å²) < 4.78 is 35.9. The van der Waals surface area contributed by atoms with Crippen LogP contribution in [-0.2, 0) is 17.3 Å². The van der Waals surface area contributed by atoms with Gasteiger partial charge in [-0.25, -0.2) is 4.98 Å². The molecule has 0 N–H and O–H groups in total. The summed E-state index contributed by atoms with van der Waals surface area (Å²) in [5.74, 6) is 0. The van der Waals surface area contributed by atoms with Gasteiger partial charge >= 0.3 is 10.2 Å². The molecule has 0 saturated heterocycles. The van der Waals surface area contributed by atoms with Crippen LogP contribution in [0.25, 0.3) is 11.0 Å². The molecule has 0 fully saturated rings. The molecule has 2 rings (SSSR count). The maximum absolute atomic E-state index is 12.8. The topological polar surface area (TPSA) is 52.0 Å². The normalized spacial score (nSPS) is 12.1. The van der Waals surface area contributed by atoms with E-state index < -0.39 is 10.2 Å². The molecule has 4 nitrogen and oxygen atoms in total. The first kappa shape index (κ1) is 9.14. The molecule has 0 aliphatic carbocycles. The first-order valence-electron chi connectivity index (χ1n) is 3.85. The zero-order chi connectivity index (χ0) is 10.3. The molecule has 74 valence electrons. The monoisotopic (exact) mass is 214 g/mol. The number of rotatable bonds is 1. The number of halogens is 1. The van der Waals surface area contributed by atoms with E-state index >= 15 is 0 Å². The molecule has 0 aliphatic heterocycles. The molecule has 0 bridgehead atoms. The van der Waals surface area contributed by atoms with E-state index in [1.54, 1.807) is 13.1 Å². The van der Waals surface area contributed by atoms with Crippen LogP contribution in [0.15, 0.2) is 29.4 Å². The minimum absolute atomic E-state index is 0.287. The highest BCUT2D eigenvalue weighted by atomic mass is 32.3. The zero-order valence-electron chi connectivity index (χ0n) is 7.31. The fourth-order valence-corrected chi connectivity index (χ4v) is 2.09. The second kappa shape index (κ2) is 2.78. The van der Waals surface area contributed by atoms with Gasteiger partial charge in [0, 0.05) is 7.05 Å². The second-order valence-electron chi connectivity index (χ2n) is 2.92. The zero-order valence-corrected chi connectivity index (χ0v) is 8.12. The van der Waals surface area contributed by atoms with Crippen molar-refractivity contribution in [2.24, 2.45) is 7.05 Å². The average molecular weight is 214 g/mol. The molecule has 6 heteroatoms. The predicted molar refractivity (Wildman–Crippen MR) is 49.0 cm³/mol. The van der Waals surface area contributed by atoms with Gasteiger partial charge in [-0.2, -0.15) is 8.42 Å². The van der Waals surface area contributed by atoms with Gasteiger partial charge in [0.2, 0.25) is 0 Å². The minimum Gasteiger partial charge on any atom is -0.333 e. The van der Waals surface area contributed by atoms with E-state index in [-0.39, 0.29) is 10.4 Å². The fourth-order valence-electron chi connectivity index (χ4n) is 1.37. The maximum Gasteiger partial charge on any atom is 0.334 e. The van der Waals surface area contributed by atoms with Gasteiger partial charge in [0.25, 0.3) is 0 Å². The van der Waals surface area contributed by atoms with Gasteiger partial charge in [0.05, 0.1) is 17.4 Å². The number of hydrogen-bond donors (Lipinski definition) is 0. The van der Waals surface area contributed by atoms with Crippen molar-refractivity contribution in [3.05, 3.63) is 24.5 Å². The Hall–Kier alpha value is -1.43. The number of hydrogen-bond acceptors (Lipinski definition) is 3. The predicted octanol–water partition coefficient (Wildman–Crippen LogP) is 1.23. The van der Waals surface area contributed by atoms with E-state index in [1.165, 1.54) is 23.0 Å². The molecule has 0 unspecified atom stereocenters. The molecule has 0 aliphatic rings. The smallest absolute Gasteiger partial charge is 0.333 e. The van der Waals surface area contributed by atoms with Crippen molar-refractivity contribution in [3.8, 4) is 0 Å². The Morgan fingerprint density at radius 3 is 2.79 bits per heavy atom. The highest BCUT2D eigenvalue weighted by Crippen LogP contribution is 2.22. The van der Waals surface area contributed by atoms with E-state index in [2.05, 4.69) is 4.98 Å². The number of aryl methyl sites for hydroxylation is 1. The van der Waals surface area contributed by atoms with Crippen LogP contribution in [0.3, 0.4) is 0 Å². The summed E-state index contributed by atoms with van der Waals surface area (Å²) in [7, 11) is -3.07. The van der Waals surface area contributed by atoms with E-state index in [0.29, 0.717) is 5.52 Å². The minimum atomic E-state index is -4.68. The maximum atomic E-state index is 12.8. The summed E-state index contributed by atoms with van der Waals surface area (Å²) in [6, 6.07) is 4.31. The Labute approximate surface area is 80.2 Å². The number of imidazole rings is 1. The van der Waals surface area contributed by atoms with Crippen LogP contribution in [0, 0.1) is 0 Å². The fraction of sp³-hybridized carbons (Fsp3) is 0.125. The summed E-state index contributed by atoms with van der Waals surface area (Å²) in [6.45, 7) is 0. The van der Waals surface area contributed by atoms with Crippen molar-refractivity contribution in [2.75, 3.05) is 0 Å². The third kappa shape index (κ3) is 1.27. The van der Waals surface area contributed by atoms with Crippen molar-refractivity contribution in [1.29, 1.82) is 0 Å². The number of benzene rings is 1. The molecule has 0 amide bonds. The summed E-state index contributed by atoms with van der Waals surface area (Å²) in [5, 5.41) is 0. The largest absolute Gasteiger partial charge is 0.334 e. The molecule has 1 aromatic heterocycles. The Morgan fingerprint density at radius 1 is 1.43 bits per heavy atom. The lowest BCUT2D eigenvalue weighted by molar-refractivity contribution is 0.552. The third-order valence-electron chi connectivity index (χ3n) is 1.96. The van der Waals surface area contributed by atoms with Crippen LogP contribution in [0.5, 0.6) is 0 Å². The number of fused-ring (bicyclic) bond motifs is 1. The SMILES string of the molecule is Cn1cnc2cccc(S(=O)(=O)F)c21. The first-order chi connectivity index (χ1) is 6.50. The molecule has 2 aromatic rings. The third-order valence-corrected chi connectivity index (χ3v) is 2.82. The van der Waals surface area contributed by atoms with Gasteiger partial charge < -0.3 is 4.57 Å². The second-order valence-corrected chi connectivity index (χ2v) is 4.23. The summed E-state index contributed by atoms with van der Waals surface area (Å²) in [6.07, 6.45) is 1.44. The van der Waals surface area contributed by atoms with Crippen LogP contribution in [0.4, 0.5) is 3.89 Å². The molecule has 1 aromatic carbocycles. The molecule has 14 heavy (non-hydrogen) atoms. The van der Waals surface area contributed by atoms with Gasteiger partial charge in [0.15, 0.2) is 0 Å². The Morgan fingerprint density at radius 2 is 2.14 bits per heavy atom. The molecule has 0 saturated carbocycles. The number of aromatic nitrogens is 2. The molecule has 0 spiro atoms. The standard InChI is InChI=1S/C8H7FN2O2S/c1-11-5-10-6-3-2-4-7(8(6)11)14(9,12)13/h2-5H,1H3. The highest BCUT2D eigenvalue weighted by Gasteiger charge is 2.17. The molecule has 0 radical (unpaired) electrons. The van der Waals surface area contributed by atoms with E-state index in [0.717, 1.165) is 0 Å². The molecule has 0 atom stereocenters. The van der Waals surface area contributed by atoms with Gasteiger partial charge in [-0.05, 0) is 12.1 Å². The number of nitrogens with zero attached hydrogens (tertiary/aromatic N) is 2. The van der Waals surface area contributed by atoms with Crippen molar-refractivity contribution >= 4 is 21.3 Å². The Bertz CT molecular complexity index is 588. The molecular weight excluding hydrogens is 207 g/mol. The van der Waals surface area contributed by atoms with E-state index in [9.17, 15) is 12.3 Å². The lowest BCUT2D eigenvalue weighted by Gasteiger charge is -1.99. The van der Waals surface area contributed by atoms with Gasteiger partial charge in [-0.1, -0.05) is 6.07 Å². The van der Waals surface area contributed by atoms with Crippen LogP contribution in [0.2, 0.25) is 0 Å². The van der Waals surface area contributed by atoms with Crippen LogP contribution < -0.4 is 0 Å². The van der Waals surface area contributed by atoms with Crippen LogP contribution >= 0.6 is 0 Å². The highest BCUT2D eigenvalue weighted by molar-refractivity contribution is 7.86. The molecular formula is C8H7FN2O2S. The van der Waals surface area contributed by atoms with Crippen molar-refractivity contribution in [1.82, 2.24) is 9.55 Å². The quantitative estimate of drug-likeness (QED) is 0.671. The van der Waals surface area contributed by atoms with E-state index in [1.807, 2.05) is 0 Å². The van der Waals surface area contributed by atoms with Crippen molar-refractivity contribution in [3.63, 3.8) is 0 Å². The van der Waals surface area contributed by atoms with Crippen molar-refractivity contribution in [2.45, 2.75) is 4.90 Å². The van der Waals surface area contributed by atoms with Crippen LogP contribution in [-0.4, -0.2) is 18.0 Å². The summed E-state index contributed by atoms with van der Waals surface area (Å²) in [5.41, 5.74) is 0.751. The number of para-hydroxylation sites is 1. The lowest BCUT2D eigenvalue weighted by Crippen LogP contribution is -1.96. The molecule has 1 heterocycles. The average Bonchev–Trinajstić information content (AvgIpc) is 2.46. The first-order valence-corrected chi connectivity index (χ1v) is 5.23. The Balaban J connectivity index is 2.96. The lowest BCUT2D eigenvalue weighted by atomic mass is 10.3. The Kier molecular flexibility index (Phi) is 1.81.